The lowest BCUT2D eigenvalue weighted by Crippen LogP contribution is -2.49. The van der Waals surface area contributed by atoms with Gasteiger partial charge in [0.25, 0.3) is 0 Å². The zero-order valence-corrected chi connectivity index (χ0v) is 11.9. The first-order chi connectivity index (χ1) is 9.51. The molecule has 3 atom stereocenters. The van der Waals surface area contributed by atoms with Crippen LogP contribution in [0.5, 0.6) is 0 Å². The average molecular weight is 282 g/mol. The fraction of sp³-hybridized carbons (Fsp3) is 0.714. The van der Waals surface area contributed by atoms with Gasteiger partial charge in [-0.3, -0.25) is 9.59 Å². The largest absolute Gasteiger partial charge is 0.394 e. The summed E-state index contributed by atoms with van der Waals surface area (Å²) in [4.78, 5) is 24.9. The van der Waals surface area contributed by atoms with Crippen molar-refractivity contribution in [2.24, 2.45) is 5.92 Å². The Labute approximate surface area is 118 Å². The summed E-state index contributed by atoms with van der Waals surface area (Å²) in [5.74, 6) is 0.108. The molecule has 20 heavy (non-hydrogen) atoms. The van der Waals surface area contributed by atoms with Gasteiger partial charge in [-0.1, -0.05) is 12.2 Å². The summed E-state index contributed by atoms with van der Waals surface area (Å²) in [6.07, 6.45) is 4.87. The van der Waals surface area contributed by atoms with Crippen LogP contribution >= 0.6 is 0 Å². The second-order valence-electron chi connectivity index (χ2n) is 5.58. The normalized spacial score (nSPS) is 29.1. The van der Waals surface area contributed by atoms with E-state index in [0.717, 1.165) is 12.8 Å². The molecule has 2 amide bonds. The lowest BCUT2D eigenvalue weighted by atomic mass is 10.0. The van der Waals surface area contributed by atoms with Crippen molar-refractivity contribution in [1.29, 1.82) is 0 Å². The number of hydrogen-bond donors (Lipinski definition) is 2. The van der Waals surface area contributed by atoms with E-state index >= 15 is 0 Å². The van der Waals surface area contributed by atoms with Crippen molar-refractivity contribution in [2.45, 2.75) is 37.5 Å². The number of aliphatic hydroxyl groups is 1. The fourth-order valence-corrected chi connectivity index (χ4v) is 2.12. The van der Waals surface area contributed by atoms with Crippen LogP contribution in [0.2, 0.25) is 0 Å². The van der Waals surface area contributed by atoms with E-state index in [1.165, 1.54) is 4.90 Å². The Morgan fingerprint density at radius 1 is 1.35 bits per heavy atom. The Bertz CT molecular complexity index is 404. The van der Waals surface area contributed by atoms with Crippen LogP contribution in [-0.2, 0) is 14.3 Å². The highest BCUT2D eigenvalue weighted by Gasteiger charge is 2.34. The van der Waals surface area contributed by atoms with Crippen LogP contribution in [-0.4, -0.2) is 60.8 Å². The number of ether oxygens (including phenoxy) is 1. The Morgan fingerprint density at radius 2 is 2.05 bits per heavy atom. The molecule has 0 saturated heterocycles. The standard InChI is InChI=1S/C14H22N2O4/c1-16(2)13(18)7-10-5-6-11(12(8-17)20-10)15-14(19)9-3-4-9/h5-6,9-12,17H,3-4,7-8H2,1-2H3,(H,15,19)/t10-,11+,12+/m1/s1. The van der Waals surface area contributed by atoms with E-state index in [1.54, 1.807) is 20.2 Å². The molecule has 0 aromatic carbocycles. The summed E-state index contributed by atoms with van der Waals surface area (Å²) in [6.45, 7) is -0.188. The predicted molar refractivity (Wildman–Crippen MR) is 72.9 cm³/mol. The van der Waals surface area contributed by atoms with Gasteiger partial charge in [0, 0.05) is 20.0 Å². The summed E-state index contributed by atoms with van der Waals surface area (Å²) < 4.78 is 5.67. The van der Waals surface area contributed by atoms with Crippen molar-refractivity contribution < 1.29 is 19.4 Å². The molecule has 2 N–H and O–H groups in total. The summed E-state index contributed by atoms with van der Waals surface area (Å²) in [6, 6.07) is -0.321. The van der Waals surface area contributed by atoms with E-state index in [4.69, 9.17) is 4.74 Å². The zero-order chi connectivity index (χ0) is 14.7. The van der Waals surface area contributed by atoms with Gasteiger partial charge >= 0.3 is 0 Å². The second-order valence-corrected chi connectivity index (χ2v) is 5.58. The van der Waals surface area contributed by atoms with Crippen LogP contribution < -0.4 is 5.32 Å². The third-order valence-electron chi connectivity index (χ3n) is 3.59. The smallest absolute Gasteiger partial charge is 0.224 e. The van der Waals surface area contributed by atoms with Crippen molar-refractivity contribution in [3.63, 3.8) is 0 Å². The Kier molecular flexibility index (Phi) is 4.77. The van der Waals surface area contributed by atoms with E-state index in [9.17, 15) is 14.7 Å². The number of carbonyl (C=O) groups is 2. The van der Waals surface area contributed by atoms with E-state index < -0.39 is 6.10 Å². The highest BCUT2D eigenvalue weighted by molar-refractivity contribution is 5.81. The van der Waals surface area contributed by atoms with Gasteiger partial charge in [0.1, 0.15) is 6.10 Å². The van der Waals surface area contributed by atoms with Gasteiger partial charge in [-0.05, 0) is 12.8 Å². The molecule has 2 rings (SSSR count). The number of amides is 2. The van der Waals surface area contributed by atoms with Crippen LogP contribution in [0.15, 0.2) is 12.2 Å². The number of carbonyl (C=O) groups excluding carboxylic acids is 2. The highest BCUT2D eigenvalue weighted by Crippen LogP contribution is 2.29. The van der Waals surface area contributed by atoms with Crippen LogP contribution in [0.4, 0.5) is 0 Å². The third-order valence-corrected chi connectivity index (χ3v) is 3.59. The fourth-order valence-electron chi connectivity index (χ4n) is 2.12. The maximum atomic E-state index is 11.7. The van der Waals surface area contributed by atoms with Crippen LogP contribution in [0.1, 0.15) is 19.3 Å². The molecule has 0 aromatic heterocycles. The molecular weight excluding hydrogens is 260 g/mol. The van der Waals surface area contributed by atoms with E-state index in [2.05, 4.69) is 5.32 Å². The van der Waals surface area contributed by atoms with Crippen molar-refractivity contribution in [2.75, 3.05) is 20.7 Å². The van der Waals surface area contributed by atoms with Gasteiger partial charge in [0.2, 0.25) is 11.8 Å². The molecule has 1 heterocycles. The van der Waals surface area contributed by atoms with Crippen LogP contribution in [0.3, 0.4) is 0 Å². The number of aliphatic hydroxyl groups excluding tert-OH is 1. The molecule has 2 aliphatic rings. The molecule has 112 valence electrons. The predicted octanol–water partition coefficient (Wildman–Crippen LogP) is -0.325. The molecule has 0 spiro atoms. The molecule has 6 nitrogen and oxygen atoms in total. The quantitative estimate of drug-likeness (QED) is 0.677. The Balaban J connectivity index is 1.91. The minimum Gasteiger partial charge on any atom is -0.394 e. The summed E-state index contributed by atoms with van der Waals surface area (Å²) in [7, 11) is 3.38. The van der Waals surface area contributed by atoms with Gasteiger partial charge < -0.3 is 20.1 Å². The Morgan fingerprint density at radius 3 is 2.60 bits per heavy atom. The molecule has 1 fully saturated rings. The molecule has 0 unspecified atom stereocenters. The maximum Gasteiger partial charge on any atom is 0.224 e. The molecule has 1 aliphatic carbocycles. The van der Waals surface area contributed by atoms with Crippen molar-refractivity contribution in [3.05, 3.63) is 12.2 Å². The van der Waals surface area contributed by atoms with Gasteiger partial charge in [-0.25, -0.2) is 0 Å². The van der Waals surface area contributed by atoms with Gasteiger partial charge in [-0.2, -0.15) is 0 Å². The number of nitrogens with one attached hydrogen (secondary N) is 1. The van der Waals surface area contributed by atoms with Crippen molar-refractivity contribution >= 4 is 11.8 Å². The van der Waals surface area contributed by atoms with E-state index in [-0.39, 0.29) is 42.9 Å². The van der Waals surface area contributed by atoms with E-state index in [0.29, 0.717) is 0 Å². The molecule has 0 aromatic rings. The molecule has 6 heteroatoms. The van der Waals surface area contributed by atoms with Gasteiger partial charge in [-0.15, -0.1) is 0 Å². The number of rotatable bonds is 5. The van der Waals surface area contributed by atoms with Gasteiger partial charge in [0.05, 0.1) is 25.2 Å². The SMILES string of the molecule is CN(C)C(=O)C[C@H]1C=C[C@H](NC(=O)C2CC2)[C@H](CO)O1. The Hall–Kier alpha value is -1.40. The first kappa shape index (κ1) is 15.0. The molecule has 0 bridgehead atoms. The highest BCUT2D eigenvalue weighted by atomic mass is 16.5. The zero-order valence-electron chi connectivity index (χ0n) is 11.9. The second kappa shape index (κ2) is 6.37. The van der Waals surface area contributed by atoms with Crippen LogP contribution in [0.25, 0.3) is 0 Å². The minimum atomic E-state index is -0.498. The lowest BCUT2D eigenvalue weighted by Gasteiger charge is -2.32. The van der Waals surface area contributed by atoms with E-state index in [1.807, 2.05) is 6.08 Å². The maximum absolute atomic E-state index is 11.7. The number of hydrogen-bond acceptors (Lipinski definition) is 4. The molecular formula is C14H22N2O4. The van der Waals surface area contributed by atoms with Crippen LogP contribution in [0, 0.1) is 5.92 Å². The number of nitrogens with zero attached hydrogens (tertiary/aromatic N) is 1. The summed E-state index contributed by atoms with van der Waals surface area (Å²) >= 11 is 0. The van der Waals surface area contributed by atoms with Crippen molar-refractivity contribution in [1.82, 2.24) is 10.2 Å². The molecule has 1 aliphatic heterocycles. The molecule has 1 saturated carbocycles. The first-order valence-electron chi connectivity index (χ1n) is 6.96. The summed E-state index contributed by atoms with van der Waals surface area (Å²) in [5.41, 5.74) is 0. The third kappa shape index (κ3) is 3.80. The van der Waals surface area contributed by atoms with Gasteiger partial charge in [0.15, 0.2) is 0 Å². The molecule has 0 radical (unpaired) electrons. The lowest BCUT2D eigenvalue weighted by molar-refractivity contribution is -0.134. The average Bonchev–Trinajstić information content (AvgIpc) is 3.24. The minimum absolute atomic E-state index is 0.0181. The monoisotopic (exact) mass is 282 g/mol. The van der Waals surface area contributed by atoms with Crippen molar-refractivity contribution in [3.8, 4) is 0 Å². The first-order valence-corrected chi connectivity index (χ1v) is 6.96. The topological polar surface area (TPSA) is 78.9 Å². The summed E-state index contributed by atoms with van der Waals surface area (Å²) in [5, 5.41) is 12.3.